The number of imide groups is 1. The van der Waals surface area contributed by atoms with Crippen LogP contribution in [0.3, 0.4) is 0 Å². The maximum atomic E-state index is 12.7. The predicted octanol–water partition coefficient (Wildman–Crippen LogP) is 3.92. The Morgan fingerprint density at radius 2 is 1.87 bits per heavy atom. The Bertz CT molecular complexity index is 989. The largest absolute Gasteiger partial charge is 0.493 e. The lowest BCUT2D eigenvalue weighted by molar-refractivity contribution is -0.145. The van der Waals surface area contributed by atoms with Crippen LogP contribution in [0, 0.1) is 0 Å². The molecule has 162 valence electrons. The average Bonchev–Trinajstić information content (AvgIpc) is 3.04. The summed E-state index contributed by atoms with van der Waals surface area (Å²) in [6, 6.07) is 14.8. The van der Waals surface area contributed by atoms with E-state index in [1.54, 1.807) is 31.2 Å². The molecule has 1 fully saturated rings. The molecular weight excluding hydrogens is 418 g/mol. The molecule has 31 heavy (non-hydrogen) atoms. The highest BCUT2D eigenvalue weighted by atomic mass is 32.2. The molecule has 0 saturated carbocycles. The number of thioether (sulfide) groups is 1. The van der Waals surface area contributed by atoms with E-state index in [4.69, 9.17) is 14.2 Å². The van der Waals surface area contributed by atoms with E-state index in [0.717, 1.165) is 17.3 Å². The van der Waals surface area contributed by atoms with Gasteiger partial charge in [-0.25, -0.2) is 4.79 Å². The molecule has 2 aromatic carbocycles. The van der Waals surface area contributed by atoms with Crippen molar-refractivity contribution in [2.75, 3.05) is 26.9 Å². The number of benzene rings is 2. The summed E-state index contributed by atoms with van der Waals surface area (Å²) in [6.45, 7) is 2.04. The molecule has 0 unspecified atom stereocenters. The maximum absolute atomic E-state index is 12.7. The minimum Gasteiger partial charge on any atom is -0.493 e. The maximum Gasteiger partial charge on any atom is 0.344 e. The van der Waals surface area contributed by atoms with Crippen LogP contribution in [0.25, 0.3) is 6.08 Å². The number of amides is 2. The van der Waals surface area contributed by atoms with Crippen LogP contribution in [0.2, 0.25) is 0 Å². The van der Waals surface area contributed by atoms with E-state index in [9.17, 15) is 14.4 Å². The second kappa shape index (κ2) is 10.7. The number of ether oxygens (including phenoxy) is 3. The van der Waals surface area contributed by atoms with Gasteiger partial charge in [-0.3, -0.25) is 14.5 Å². The van der Waals surface area contributed by atoms with Crippen molar-refractivity contribution < 1.29 is 28.6 Å². The molecular formula is C23H23NO6S. The van der Waals surface area contributed by atoms with Crippen LogP contribution < -0.4 is 9.47 Å². The van der Waals surface area contributed by atoms with Gasteiger partial charge in [-0.05, 0) is 54.4 Å². The Balaban J connectivity index is 1.71. The lowest BCUT2D eigenvalue weighted by Crippen LogP contribution is -2.30. The first-order chi connectivity index (χ1) is 15.0. The zero-order chi connectivity index (χ0) is 22.2. The summed E-state index contributed by atoms with van der Waals surface area (Å²) in [5, 5.41) is -0.292. The Hall–Kier alpha value is -3.26. The van der Waals surface area contributed by atoms with Crippen molar-refractivity contribution in [1.82, 2.24) is 4.90 Å². The van der Waals surface area contributed by atoms with E-state index < -0.39 is 5.97 Å². The zero-order valence-corrected chi connectivity index (χ0v) is 18.1. The second-order valence-corrected chi connectivity index (χ2v) is 7.57. The molecule has 0 radical (unpaired) electrons. The smallest absolute Gasteiger partial charge is 0.344 e. The summed E-state index contributed by atoms with van der Waals surface area (Å²) < 4.78 is 15.6. The fraction of sp³-hybridized carbons (Fsp3) is 0.261. The summed E-state index contributed by atoms with van der Waals surface area (Å²) in [6.07, 6.45) is 2.23. The minimum atomic E-state index is -0.491. The first-order valence-electron chi connectivity index (χ1n) is 9.77. The third kappa shape index (κ3) is 5.88. The summed E-state index contributed by atoms with van der Waals surface area (Å²) in [4.78, 5) is 38.2. The SMILES string of the molecule is CCOC(=O)COc1cc(/C=C2\SC(=O)N(CCc3ccccc3)C2=O)ccc1OC. The fourth-order valence-electron chi connectivity index (χ4n) is 2.96. The third-order valence-electron chi connectivity index (χ3n) is 4.48. The molecule has 1 aliphatic rings. The van der Waals surface area contributed by atoms with Gasteiger partial charge in [0.15, 0.2) is 18.1 Å². The number of nitrogens with zero attached hydrogens (tertiary/aromatic N) is 1. The van der Waals surface area contributed by atoms with E-state index in [1.165, 1.54) is 12.0 Å². The topological polar surface area (TPSA) is 82.1 Å². The molecule has 0 N–H and O–H groups in total. The number of methoxy groups -OCH3 is 1. The fourth-order valence-corrected chi connectivity index (χ4v) is 3.83. The number of hydrogen-bond donors (Lipinski definition) is 0. The van der Waals surface area contributed by atoms with Gasteiger partial charge in [-0.2, -0.15) is 0 Å². The van der Waals surface area contributed by atoms with Crippen LogP contribution in [-0.4, -0.2) is 48.9 Å². The van der Waals surface area contributed by atoms with Gasteiger partial charge >= 0.3 is 5.97 Å². The minimum absolute atomic E-state index is 0.260. The number of hydrogen-bond acceptors (Lipinski definition) is 7. The van der Waals surface area contributed by atoms with E-state index in [1.807, 2.05) is 30.3 Å². The molecule has 0 bridgehead atoms. The van der Waals surface area contributed by atoms with Gasteiger partial charge in [0.1, 0.15) is 0 Å². The summed E-state index contributed by atoms with van der Waals surface area (Å²) in [5.41, 5.74) is 1.71. The van der Waals surface area contributed by atoms with Crippen molar-refractivity contribution in [2.45, 2.75) is 13.3 Å². The lowest BCUT2D eigenvalue weighted by Gasteiger charge is -2.12. The normalized spacial score (nSPS) is 14.8. The Kier molecular flexibility index (Phi) is 7.72. The van der Waals surface area contributed by atoms with Crippen molar-refractivity contribution in [1.29, 1.82) is 0 Å². The highest BCUT2D eigenvalue weighted by molar-refractivity contribution is 8.18. The summed E-state index contributed by atoms with van der Waals surface area (Å²) in [7, 11) is 1.49. The molecule has 1 heterocycles. The molecule has 0 aliphatic carbocycles. The van der Waals surface area contributed by atoms with Crippen molar-refractivity contribution in [3.8, 4) is 11.5 Å². The van der Waals surface area contributed by atoms with Crippen LogP contribution in [0.4, 0.5) is 4.79 Å². The molecule has 2 amide bonds. The summed E-state index contributed by atoms with van der Waals surface area (Å²) in [5.74, 6) is -0.0322. The highest BCUT2D eigenvalue weighted by Crippen LogP contribution is 2.34. The first kappa shape index (κ1) is 22.4. The average molecular weight is 442 g/mol. The first-order valence-corrected chi connectivity index (χ1v) is 10.6. The van der Waals surface area contributed by atoms with Gasteiger partial charge in [0, 0.05) is 6.54 Å². The van der Waals surface area contributed by atoms with Crippen molar-refractivity contribution >= 4 is 35.0 Å². The van der Waals surface area contributed by atoms with Gasteiger partial charge in [0.2, 0.25) is 0 Å². The monoisotopic (exact) mass is 441 g/mol. The van der Waals surface area contributed by atoms with Crippen LogP contribution in [0.15, 0.2) is 53.4 Å². The molecule has 0 aromatic heterocycles. The number of rotatable bonds is 9. The molecule has 7 nitrogen and oxygen atoms in total. The van der Waals surface area contributed by atoms with Gasteiger partial charge in [0.25, 0.3) is 11.1 Å². The zero-order valence-electron chi connectivity index (χ0n) is 17.3. The van der Waals surface area contributed by atoms with Crippen LogP contribution >= 0.6 is 11.8 Å². The molecule has 0 spiro atoms. The molecule has 1 aliphatic heterocycles. The van der Waals surface area contributed by atoms with E-state index >= 15 is 0 Å². The van der Waals surface area contributed by atoms with Crippen LogP contribution in [-0.2, 0) is 20.7 Å². The number of carbonyl (C=O) groups is 3. The third-order valence-corrected chi connectivity index (χ3v) is 5.38. The number of carbonyl (C=O) groups excluding carboxylic acids is 3. The van der Waals surface area contributed by atoms with Crippen LogP contribution in [0.1, 0.15) is 18.1 Å². The van der Waals surface area contributed by atoms with E-state index in [-0.39, 0.29) is 24.4 Å². The Morgan fingerprint density at radius 3 is 2.58 bits per heavy atom. The molecule has 1 saturated heterocycles. The van der Waals surface area contributed by atoms with Gasteiger partial charge < -0.3 is 14.2 Å². The van der Waals surface area contributed by atoms with E-state index in [0.29, 0.717) is 34.9 Å². The van der Waals surface area contributed by atoms with E-state index in [2.05, 4.69) is 0 Å². The van der Waals surface area contributed by atoms with Crippen molar-refractivity contribution in [3.05, 3.63) is 64.6 Å². The van der Waals surface area contributed by atoms with Gasteiger partial charge in [-0.1, -0.05) is 36.4 Å². The quantitative estimate of drug-likeness (QED) is 0.431. The predicted molar refractivity (Wildman–Crippen MR) is 118 cm³/mol. The van der Waals surface area contributed by atoms with Gasteiger partial charge in [-0.15, -0.1) is 0 Å². The Labute approximate surface area is 185 Å². The number of esters is 1. The Morgan fingerprint density at radius 1 is 1.10 bits per heavy atom. The molecule has 0 atom stereocenters. The van der Waals surface area contributed by atoms with Crippen molar-refractivity contribution in [2.24, 2.45) is 0 Å². The lowest BCUT2D eigenvalue weighted by atomic mass is 10.1. The van der Waals surface area contributed by atoms with Crippen LogP contribution in [0.5, 0.6) is 11.5 Å². The summed E-state index contributed by atoms with van der Waals surface area (Å²) >= 11 is 0.905. The standard InChI is InChI=1S/C23H23NO6S/c1-3-29-21(25)15-30-19-13-17(9-10-18(19)28-2)14-20-22(26)24(23(27)31-20)12-11-16-7-5-4-6-8-16/h4-10,13-14H,3,11-12,15H2,1-2H3/b20-14-. The molecule has 8 heteroatoms. The van der Waals surface area contributed by atoms with Gasteiger partial charge in [0.05, 0.1) is 18.6 Å². The van der Waals surface area contributed by atoms with Crippen molar-refractivity contribution in [3.63, 3.8) is 0 Å². The molecule has 3 rings (SSSR count). The highest BCUT2D eigenvalue weighted by Gasteiger charge is 2.34. The second-order valence-electron chi connectivity index (χ2n) is 6.57. The molecule has 2 aromatic rings.